The lowest BCUT2D eigenvalue weighted by molar-refractivity contribution is 1.27. The van der Waals surface area contributed by atoms with Gasteiger partial charge in [0.1, 0.15) is 0 Å². The van der Waals surface area contributed by atoms with E-state index in [1.54, 1.807) is 0 Å². The number of aryl methyl sites for hydroxylation is 1. The van der Waals surface area contributed by atoms with Crippen LogP contribution in [0.4, 0.5) is 0 Å². The first-order chi connectivity index (χ1) is 7.52. The molecule has 0 spiro atoms. The summed E-state index contributed by atoms with van der Waals surface area (Å²) in [4.78, 5) is 0. The number of hydrogen-bond donors (Lipinski definition) is 0. The summed E-state index contributed by atoms with van der Waals surface area (Å²) in [6, 6.07) is 2.30. The first-order valence-electron chi connectivity index (χ1n) is 5.71. The van der Waals surface area contributed by atoms with E-state index in [1.165, 1.54) is 38.6 Å². The molecule has 0 bridgehead atoms. The third kappa shape index (κ3) is 1.69. The molecule has 1 aromatic rings. The molecule has 0 aromatic heterocycles. The zero-order valence-corrected chi connectivity index (χ0v) is 11.4. The molecule has 0 N–H and O–H groups in total. The smallest absolute Gasteiger partial charge is 0.0719 e. The number of hydrogen-bond acceptors (Lipinski definition) is 0. The van der Waals surface area contributed by atoms with Gasteiger partial charge in [0, 0.05) is 0 Å². The molecule has 0 unspecified atom stereocenters. The van der Waals surface area contributed by atoms with Crippen LogP contribution in [-0.4, -0.2) is 10.2 Å². The van der Waals surface area contributed by atoms with Crippen LogP contribution >= 0.6 is 0 Å². The molecule has 0 fully saturated rings. The predicted octanol–water partition coefficient (Wildman–Crippen LogP) is 3.14. The minimum atomic E-state index is 1.08. The maximum Gasteiger partial charge on any atom is 0.0719 e. The van der Waals surface area contributed by atoms with Crippen molar-refractivity contribution in [2.75, 3.05) is 0 Å². The van der Waals surface area contributed by atoms with Crippen molar-refractivity contribution in [2.45, 2.75) is 34.1 Å². The molecule has 81 valence electrons. The number of rotatable bonds is 1. The van der Waals surface area contributed by atoms with E-state index in [9.17, 15) is 0 Å². The molecule has 0 saturated carbocycles. The van der Waals surface area contributed by atoms with E-state index in [1.807, 2.05) is 0 Å². The molecule has 1 aliphatic rings. The van der Waals surface area contributed by atoms with E-state index in [4.69, 9.17) is 0 Å². The van der Waals surface area contributed by atoms with Gasteiger partial charge in [-0.1, -0.05) is 29.0 Å². The molecule has 1 heteroatoms. The average molecular weight is 225 g/mol. The summed E-state index contributed by atoms with van der Waals surface area (Å²) in [5.41, 5.74) is 8.38. The second-order valence-corrected chi connectivity index (χ2v) is 5.13. The Morgan fingerprint density at radius 1 is 1.06 bits per heavy atom. The summed E-state index contributed by atoms with van der Waals surface area (Å²) in [6.07, 6.45) is 5.55. The molecule has 0 heterocycles. The van der Waals surface area contributed by atoms with Crippen LogP contribution in [0, 0.1) is 20.8 Å². The van der Waals surface area contributed by atoms with Gasteiger partial charge < -0.3 is 0 Å². The van der Waals surface area contributed by atoms with E-state index >= 15 is 0 Å². The number of benzene rings is 1. The van der Waals surface area contributed by atoms with Crippen LogP contribution in [0.5, 0.6) is 0 Å². The SMILES string of the molecule is CC1=C(c2cc(C)c([Si])c(C)c2C)CC=C1. The topological polar surface area (TPSA) is 0 Å². The van der Waals surface area contributed by atoms with Crippen LogP contribution in [0.1, 0.15) is 35.6 Å². The Morgan fingerprint density at radius 2 is 1.75 bits per heavy atom. The monoisotopic (exact) mass is 225 g/mol. The molecule has 0 nitrogen and oxygen atoms in total. The van der Waals surface area contributed by atoms with Gasteiger partial charge in [0.2, 0.25) is 0 Å². The maximum atomic E-state index is 3.71. The molecule has 3 radical (unpaired) electrons. The fraction of sp³-hybridized carbons (Fsp3) is 0.333. The van der Waals surface area contributed by atoms with Gasteiger partial charge in [-0.25, -0.2) is 0 Å². The fourth-order valence-corrected chi connectivity index (χ4v) is 2.59. The summed E-state index contributed by atoms with van der Waals surface area (Å²) in [7, 11) is 3.71. The maximum absolute atomic E-state index is 3.71. The quantitative estimate of drug-likeness (QED) is 0.644. The van der Waals surface area contributed by atoms with Crippen molar-refractivity contribution in [2.24, 2.45) is 0 Å². The lowest BCUT2D eigenvalue weighted by atomic mass is 9.92. The van der Waals surface area contributed by atoms with E-state index in [0.717, 1.165) is 6.42 Å². The van der Waals surface area contributed by atoms with Gasteiger partial charge in [-0.3, -0.25) is 0 Å². The Kier molecular flexibility index (Phi) is 2.89. The van der Waals surface area contributed by atoms with Gasteiger partial charge in [0.25, 0.3) is 0 Å². The second-order valence-electron chi connectivity index (χ2n) is 4.63. The van der Waals surface area contributed by atoms with Crippen molar-refractivity contribution in [3.05, 3.63) is 46.0 Å². The molecular formula is C15H17Si. The minimum Gasteiger partial charge on any atom is -0.0798 e. The first-order valence-corrected chi connectivity index (χ1v) is 6.21. The van der Waals surface area contributed by atoms with Crippen molar-refractivity contribution < 1.29 is 0 Å². The van der Waals surface area contributed by atoms with Crippen LogP contribution in [0.15, 0.2) is 23.8 Å². The van der Waals surface area contributed by atoms with Crippen LogP contribution in [0.2, 0.25) is 0 Å². The highest BCUT2D eigenvalue weighted by Gasteiger charge is 2.13. The minimum absolute atomic E-state index is 1.08. The van der Waals surface area contributed by atoms with Gasteiger partial charge in [0.05, 0.1) is 10.2 Å². The lowest BCUT2D eigenvalue weighted by Gasteiger charge is -2.16. The highest BCUT2D eigenvalue weighted by molar-refractivity contribution is 6.34. The van der Waals surface area contributed by atoms with Crippen molar-refractivity contribution in [3.8, 4) is 0 Å². The lowest BCUT2D eigenvalue weighted by Crippen LogP contribution is -2.14. The summed E-state index contributed by atoms with van der Waals surface area (Å²) in [6.45, 7) is 8.76. The molecule has 2 rings (SSSR count). The molecule has 16 heavy (non-hydrogen) atoms. The van der Waals surface area contributed by atoms with Crippen molar-refractivity contribution in [1.82, 2.24) is 0 Å². The Hall–Kier alpha value is -1.08. The molecule has 0 amide bonds. The van der Waals surface area contributed by atoms with Gasteiger partial charge >= 0.3 is 0 Å². The Labute approximate surface area is 102 Å². The number of allylic oxidation sites excluding steroid dienone is 4. The molecule has 0 aliphatic heterocycles. The van der Waals surface area contributed by atoms with Crippen LogP contribution in [0.25, 0.3) is 5.57 Å². The Balaban J connectivity index is 2.64. The largest absolute Gasteiger partial charge is 0.0798 e. The van der Waals surface area contributed by atoms with Crippen LogP contribution in [-0.2, 0) is 0 Å². The van der Waals surface area contributed by atoms with Crippen molar-refractivity contribution in [3.63, 3.8) is 0 Å². The van der Waals surface area contributed by atoms with Gasteiger partial charge in [-0.2, -0.15) is 0 Å². The standard InChI is InChI=1S/C15H17Si/c1-9-6-5-7-13(9)14-8-10(2)15(16)12(4)11(14)3/h5-6,8H,7H2,1-4H3. The second kappa shape index (κ2) is 4.06. The zero-order chi connectivity index (χ0) is 11.9. The van der Waals surface area contributed by atoms with E-state index in [0.29, 0.717) is 0 Å². The van der Waals surface area contributed by atoms with Crippen molar-refractivity contribution in [1.29, 1.82) is 0 Å². The highest BCUT2D eigenvalue weighted by atomic mass is 28.1. The summed E-state index contributed by atoms with van der Waals surface area (Å²) < 4.78 is 0. The predicted molar refractivity (Wildman–Crippen MR) is 72.4 cm³/mol. The fourth-order valence-electron chi connectivity index (χ4n) is 2.33. The summed E-state index contributed by atoms with van der Waals surface area (Å²) in [5, 5.41) is 1.24. The van der Waals surface area contributed by atoms with Gasteiger partial charge in [-0.15, -0.1) is 0 Å². The molecule has 1 aromatic carbocycles. The summed E-state index contributed by atoms with van der Waals surface area (Å²) in [5.74, 6) is 0. The van der Waals surface area contributed by atoms with Crippen LogP contribution < -0.4 is 5.19 Å². The van der Waals surface area contributed by atoms with Gasteiger partial charge in [0.15, 0.2) is 0 Å². The Bertz CT molecular complexity index is 505. The van der Waals surface area contributed by atoms with Crippen LogP contribution in [0.3, 0.4) is 0 Å². The summed E-state index contributed by atoms with van der Waals surface area (Å²) >= 11 is 0. The van der Waals surface area contributed by atoms with Crippen molar-refractivity contribution >= 4 is 21.0 Å². The third-order valence-electron chi connectivity index (χ3n) is 3.59. The van der Waals surface area contributed by atoms with Gasteiger partial charge in [-0.05, 0) is 62.0 Å². The average Bonchev–Trinajstić information content (AvgIpc) is 2.67. The molecule has 0 atom stereocenters. The Morgan fingerprint density at radius 3 is 2.31 bits per heavy atom. The zero-order valence-electron chi connectivity index (χ0n) is 10.4. The third-order valence-corrected chi connectivity index (χ3v) is 4.36. The highest BCUT2D eigenvalue weighted by Crippen LogP contribution is 2.31. The molecular weight excluding hydrogens is 208 g/mol. The van der Waals surface area contributed by atoms with E-state index in [-0.39, 0.29) is 0 Å². The molecule has 1 aliphatic carbocycles. The van der Waals surface area contributed by atoms with E-state index in [2.05, 4.69) is 56.2 Å². The molecule has 0 saturated heterocycles. The normalized spacial score (nSPS) is 15.1. The van der Waals surface area contributed by atoms with E-state index < -0.39 is 0 Å². The first kappa shape index (κ1) is 11.4.